The van der Waals surface area contributed by atoms with E-state index in [1.54, 1.807) is 0 Å². The molecule has 2 aliphatic rings. The van der Waals surface area contributed by atoms with Crippen LogP contribution in [0.25, 0.3) is 0 Å². The van der Waals surface area contributed by atoms with Crippen LogP contribution in [-0.2, 0) is 9.53 Å². The largest absolute Gasteiger partial charge is 0.481 e. The van der Waals surface area contributed by atoms with Gasteiger partial charge in [0.15, 0.2) is 0 Å². The summed E-state index contributed by atoms with van der Waals surface area (Å²) in [6.07, 6.45) is 6.42. The molecule has 1 N–H and O–H groups in total. The van der Waals surface area contributed by atoms with Gasteiger partial charge in [-0.25, -0.2) is 0 Å². The number of hydrogen-bond donors (Lipinski definition) is 1. The Hall–Kier alpha value is -0.220. The number of rotatable bonds is 3. The minimum atomic E-state index is -0.593. The number of hydrogen-bond acceptors (Lipinski definition) is 3. The first-order valence-electron chi connectivity index (χ1n) is 6.23. The minimum absolute atomic E-state index is 0.110. The molecular weight excluding hydrogens is 224 g/mol. The lowest BCUT2D eigenvalue weighted by molar-refractivity contribution is -0.142. The zero-order chi connectivity index (χ0) is 11.4. The molecule has 2 atom stereocenters. The molecule has 1 saturated carbocycles. The van der Waals surface area contributed by atoms with Crippen molar-refractivity contribution in [3.05, 3.63) is 0 Å². The summed E-state index contributed by atoms with van der Waals surface area (Å²) in [5.41, 5.74) is 0. The molecule has 0 aromatic heterocycles. The van der Waals surface area contributed by atoms with E-state index in [0.717, 1.165) is 45.3 Å². The lowest BCUT2D eigenvalue weighted by atomic mass is 9.89. The third kappa shape index (κ3) is 3.14. The van der Waals surface area contributed by atoms with Crippen molar-refractivity contribution >= 4 is 17.7 Å². The fourth-order valence-corrected chi connectivity index (χ4v) is 4.31. The summed E-state index contributed by atoms with van der Waals surface area (Å²) in [6.45, 7) is 1.70. The van der Waals surface area contributed by atoms with Crippen LogP contribution in [0.3, 0.4) is 0 Å². The molecule has 92 valence electrons. The SMILES string of the molecule is O=C(O)C1CCCCC1SC1CCOCC1. The van der Waals surface area contributed by atoms with Crippen molar-refractivity contribution < 1.29 is 14.6 Å². The van der Waals surface area contributed by atoms with Crippen LogP contribution in [0.15, 0.2) is 0 Å². The predicted molar refractivity (Wildman–Crippen MR) is 64.8 cm³/mol. The van der Waals surface area contributed by atoms with Crippen LogP contribution in [0.1, 0.15) is 38.5 Å². The van der Waals surface area contributed by atoms with Gasteiger partial charge in [0.25, 0.3) is 0 Å². The van der Waals surface area contributed by atoms with E-state index in [0.29, 0.717) is 10.5 Å². The molecule has 0 spiro atoms. The van der Waals surface area contributed by atoms with Crippen LogP contribution in [-0.4, -0.2) is 34.8 Å². The summed E-state index contributed by atoms with van der Waals surface area (Å²) in [6, 6.07) is 0. The fraction of sp³-hybridized carbons (Fsp3) is 0.917. The van der Waals surface area contributed by atoms with Crippen molar-refractivity contribution in [2.45, 2.75) is 49.0 Å². The number of carboxylic acids is 1. The molecule has 0 amide bonds. The molecule has 0 bridgehead atoms. The van der Waals surface area contributed by atoms with E-state index < -0.39 is 5.97 Å². The zero-order valence-corrected chi connectivity index (χ0v) is 10.4. The molecule has 2 rings (SSSR count). The number of aliphatic carboxylic acids is 1. The highest BCUT2D eigenvalue weighted by Gasteiger charge is 2.33. The Balaban J connectivity index is 1.87. The first-order chi connectivity index (χ1) is 7.77. The topological polar surface area (TPSA) is 46.5 Å². The maximum Gasteiger partial charge on any atom is 0.307 e. The van der Waals surface area contributed by atoms with Crippen molar-refractivity contribution in [3.8, 4) is 0 Å². The summed E-state index contributed by atoms with van der Waals surface area (Å²) in [5.74, 6) is -0.703. The van der Waals surface area contributed by atoms with Gasteiger partial charge in [0, 0.05) is 23.7 Å². The van der Waals surface area contributed by atoms with Crippen LogP contribution in [0, 0.1) is 5.92 Å². The fourth-order valence-electron chi connectivity index (χ4n) is 2.60. The molecular formula is C12H20O3S. The van der Waals surface area contributed by atoms with E-state index in [2.05, 4.69) is 0 Å². The van der Waals surface area contributed by atoms with Crippen molar-refractivity contribution in [2.24, 2.45) is 5.92 Å². The van der Waals surface area contributed by atoms with Crippen LogP contribution in [0.2, 0.25) is 0 Å². The summed E-state index contributed by atoms with van der Waals surface area (Å²) in [4.78, 5) is 11.2. The smallest absolute Gasteiger partial charge is 0.307 e. The predicted octanol–water partition coefficient (Wildman–Crippen LogP) is 2.54. The van der Waals surface area contributed by atoms with E-state index in [-0.39, 0.29) is 5.92 Å². The Kier molecular flexibility index (Phi) is 4.53. The van der Waals surface area contributed by atoms with E-state index in [9.17, 15) is 9.90 Å². The molecule has 1 heterocycles. The Morgan fingerprint density at radius 2 is 1.81 bits per heavy atom. The van der Waals surface area contributed by atoms with Crippen molar-refractivity contribution in [1.82, 2.24) is 0 Å². The molecule has 1 saturated heterocycles. The van der Waals surface area contributed by atoms with E-state index in [1.807, 2.05) is 11.8 Å². The Labute approximate surface area is 101 Å². The number of thioether (sulfide) groups is 1. The van der Waals surface area contributed by atoms with Crippen LogP contribution >= 0.6 is 11.8 Å². The van der Waals surface area contributed by atoms with Gasteiger partial charge < -0.3 is 9.84 Å². The highest BCUT2D eigenvalue weighted by atomic mass is 32.2. The molecule has 3 nitrogen and oxygen atoms in total. The maximum absolute atomic E-state index is 11.2. The van der Waals surface area contributed by atoms with Gasteiger partial charge in [0.1, 0.15) is 0 Å². The standard InChI is InChI=1S/C12H20O3S/c13-12(14)10-3-1-2-4-11(10)16-9-5-7-15-8-6-9/h9-11H,1-8H2,(H,13,14). The molecule has 4 heteroatoms. The Bertz CT molecular complexity index is 238. The van der Waals surface area contributed by atoms with Crippen molar-refractivity contribution in [3.63, 3.8) is 0 Å². The van der Waals surface area contributed by atoms with Gasteiger partial charge in [-0.15, -0.1) is 0 Å². The second kappa shape index (κ2) is 5.92. The molecule has 0 aromatic rings. The van der Waals surface area contributed by atoms with E-state index in [1.165, 1.54) is 6.42 Å². The number of carbonyl (C=O) groups is 1. The zero-order valence-electron chi connectivity index (χ0n) is 9.56. The second-order valence-electron chi connectivity index (χ2n) is 4.72. The number of carboxylic acid groups (broad SMARTS) is 1. The monoisotopic (exact) mass is 244 g/mol. The Morgan fingerprint density at radius 1 is 1.12 bits per heavy atom. The second-order valence-corrected chi connectivity index (χ2v) is 6.26. The molecule has 0 aromatic carbocycles. The Morgan fingerprint density at radius 3 is 2.50 bits per heavy atom. The molecule has 1 aliphatic carbocycles. The summed E-state index contributed by atoms with van der Waals surface area (Å²) >= 11 is 1.92. The van der Waals surface area contributed by atoms with Crippen LogP contribution < -0.4 is 0 Å². The van der Waals surface area contributed by atoms with Gasteiger partial charge in [-0.3, -0.25) is 4.79 Å². The summed E-state index contributed by atoms with van der Waals surface area (Å²) < 4.78 is 5.33. The average molecular weight is 244 g/mol. The van der Waals surface area contributed by atoms with Gasteiger partial charge >= 0.3 is 5.97 Å². The van der Waals surface area contributed by atoms with Gasteiger partial charge in [0.05, 0.1) is 5.92 Å². The molecule has 2 fully saturated rings. The van der Waals surface area contributed by atoms with Crippen LogP contribution in [0.4, 0.5) is 0 Å². The van der Waals surface area contributed by atoms with Gasteiger partial charge in [0.2, 0.25) is 0 Å². The quantitative estimate of drug-likeness (QED) is 0.828. The lowest BCUT2D eigenvalue weighted by Gasteiger charge is -2.32. The average Bonchev–Trinajstić information content (AvgIpc) is 2.31. The lowest BCUT2D eigenvalue weighted by Crippen LogP contribution is -2.32. The minimum Gasteiger partial charge on any atom is -0.481 e. The normalized spacial score (nSPS) is 32.5. The first-order valence-corrected chi connectivity index (χ1v) is 7.17. The molecule has 1 aliphatic heterocycles. The summed E-state index contributed by atoms with van der Waals surface area (Å²) in [5, 5.41) is 10.2. The van der Waals surface area contributed by atoms with Gasteiger partial charge in [-0.2, -0.15) is 11.8 Å². The van der Waals surface area contributed by atoms with Crippen molar-refractivity contribution in [2.75, 3.05) is 13.2 Å². The van der Waals surface area contributed by atoms with Gasteiger partial charge in [-0.1, -0.05) is 12.8 Å². The van der Waals surface area contributed by atoms with Gasteiger partial charge in [-0.05, 0) is 25.7 Å². The maximum atomic E-state index is 11.2. The van der Waals surface area contributed by atoms with Crippen molar-refractivity contribution in [1.29, 1.82) is 0 Å². The molecule has 16 heavy (non-hydrogen) atoms. The van der Waals surface area contributed by atoms with E-state index in [4.69, 9.17) is 4.74 Å². The first kappa shape index (κ1) is 12.2. The van der Waals surface area contributed by atoms with Crippen LogP contribution in [0.5, 0.6) is 0 Å². The number of ether oxygens (including phenoxy) is 1. The highest BCUT2D eigenvalue weighted by Crippen LogP contribution is 2.38. The molecule has 2 unspecified atom stereocenters. The highest BCUT2D eigenvalue weighted by molar-refractivity contribution is 8.00. The molecule has 0 radical (unpaired) electrons. The summed E-state index contributed by atoms with van der Waals surface area (Å²) in [7, 11) is 0. The third-order valence-corrected chi connectivity index (χ3v) is 5.33. The van der Waals surface area contributed by atoms with E-state index >= 15 is 0 Å². The third-order valence-electron chi connectivity index (χ3n) is 3.56.